The molecule has 1 saturated heterocycles. The summed E-state index contributed by atoms with van der Waals surface area (Å²) in [6, 6.07) is 23.3. The molecule has 5 rings (SSSR count). The minimum Gasteiger partial charge on any atom is -0.365 e. The van der Waals surface area contributed by atoms with Gasteiger partial charge in [0.25, 0.3) is 0 Å². The molecule has 0 aliphatic carbocycles. The number of aromatic nitrogens is 4. The molecule has 0 N–H and O–H groups in total. The lowest BCUT2D eigenvalue weighted by atomic mass is 10.00. The highest BCUT2D eigenvalue weighted by Crippen LogP contribution is 2.31. The quantitative estimate of drug-likeness (QED) is 0.196. The molecule has 188 valence electrons. The lowest BCUT2D eigenvalue weighted by Gasteiger charge is -2.34. The number of nitrogens with zero attached hydrogens (tertiary/aromatic N) is 5. The van der Waals surface area contributed by atoms with Crippen LogP contribution >= 0.6 is 11.8 Å². The van der Waals surface area contributed by atoms with Crippen LogP contribution < -0.4 is 0 Å². The largest absolute Gasteiger partial charge is 0.365 e. The zero-order valence-corrected chi connectivity index (χ0v) is 22.0. The Morgan fingerprint density at radius 2 is 1.64 bits per heavy atom. The SMILES string of the molecule is CC(C)c1cc2ncnn2nc1SCCCN1CCC(OC(c2ccccc2)c2ccccc2)CC1. The van der Waals surface area contributed by atoms with Crippen molar-refractivity contribution in [3.05, 3.63) is 89.7 Å². The maximum atomic E-state index is 6.71. The molecule has 4 aromatic rings. The molecule has 0 unspecified atom stereocenters. The lowest BCUT2D eigenvalue weighted by molar-refractivity contribution is -0.0268. The van der Waals surface area contributed by atoms with E-state index in [9.17, 15) is 0 Å². The molecule has 36 heavy (non-hydrogen) atoms. The first-order chi connectivity index (χ1) is 17.7. The van der Waals surface area contributed by atoms with Gasteiger partial charge in [0, 0.05) is 18.8 Å². The molecule has 7 heteroatoms. The molecule has 1 aliphatic rings. The third-order valence-corrected chi connectivity index (χ3v) is 7.90. The van der Waals surface area contributed by atoms with Gasteiger partial charge in [0.2, 0.25) is 0 Å². The first kappa shape index (κ1) is 24.9. The van der Waals surface area contributed by atoms with Crippen LogP contribution in [0.15, 0.2) is 78.1 Å². The molecule has 0 radical (unpaired) electrons. The van der Waals surface area contributed by atoms with Gasteiger partial charge in [-0.3, -0.25) is 0 Å². The van der Waals surface area contributed by atoms with Gasteiger partial charge in [-0.1, -0.05) is 74.5 Å². The summed E-state index contributed by atoms with van der Waals surface area (Å²) in [7, 11) is 0. The number of rotatable bonds is 10. The molecular weight excluding hydrogens is 466 g/mol. The van der Waals surface area contributed by atoms with Gasteiger partial charge in [0.15, 0.2) is 5.65 Å². The molecule has 2 aromatic heterocycles. The Morgan fingerprint density at radius 1 is 0.972 bits per heavy atom. The Labute approximate surface area is 218 Å². The van der Waals surface area contributed by atoms with Crippen LogP contribution in [0.2, 0.25) is 0 Å². The lowest BCUT2D eigenvalue weighted by Crippen LogP contribution is -2.38. The average molecular weight is 502 g/mol. The van der Waals surface area contributed by atoms with E-state index in [0.29, 0.717) is 5.92 Å². The first-order valence-electron chi connectivity index (χ1n) is 13.0. The van der Waals surface area contributed by atoms with Crippen molar-refractivity contribution in [3.8, 4) is 0 Å². The molecule has 0 bridgehead atoms. The molecule has 1 fully saturated rings. The van der Waals surface area contributed by atoms with Gasteiger partial charge in [-0.15, -0.1) is 26.6 Å². The van der Waals surface area contributed by atoms with Gasteiger partial charge in [-0.2, -0.15) is 0 Å². The molecule has 2 aromatic carbocycles. The van der Waals surface area contributed by atoms with Crippen molar-refractivity contribution in [1.29, 1.82) is 0 Å². The number of hydrogen-bond acceptors (Lipinski definition) is 6. The Morgan fingerprint density at radius 3 is 2.28 bits per heavy atom. The van der Waals surface area contributed by atoms with E-state index in [-0.39, 0.29) is 12.2 Å². The minimum absolute atomic E-state index is 0.00896. The molecule has 1 aliphatic heterocycles. The normalized spacial score (nSPS) is 15.3. The summed E-state index contributed by atoms with van der Waals surface area (Å²) in [5.41, 5.74) is 4.52. The topological polar surface area (TPSA) is 55.5 Å². The third kappa shape index (κ3) is 6.14. The van der Waals surface area contributed by atoms with Crippen LogP contribution in [0.1, 0.15) is 61.8 Å². The summed E-state index contributed by atoms with van der Waals surface area (Å²) >= 11 is 1.84. The van der Waals surface area contributed by atoms with E-state index in [1.165, 1.54) is 16.7 Å². The Kier molecular flexibility index (Phi) is 8.31. The van der Waals surface area contributed by atoms with Crippen LogP contribution in [-0.2, 0) is 4.74 Å². The third-order valence-electron chi connectivity index (χ3n) is 6.82. The van der Waals surface area contributed by atoms with Gasteiger partial charge in [0.05, 0.1) is 6.10 Å². The minimum atomic E-state index is -0.00896. The maximum Gasteiger partial charge on any atom is 0.176 e. The van der Waals surface area contributed by atoms with E-state index in [4.69, 9.17) is 9.84 Å². The zero-order valence-electron chi connectivity index (χ0n) is 21.2. The molecule has 0 spiro atoms. The van der Waals surface area contributed by atoms with Gasteiger partial charge in [-0.05, 0) is 54.5 Å². The van der Waals surface area contributed by atoms with Crippen molar-refractivity contribution in [1.82, 2.24) is 24.7 Å². The van der Waals surface area contributed by atoms with Gasteiger partial charge >= 0.3 is 0 Å². The number of ether oxygens (including phenoxy) is 1. The second kappa shape index (κ2) is 12.0. The summed E-state index contributed by atoms with van der Waals surface area (Å²) in [6.45, 7) is 7.71. The fourth-order valence-corrected chi connectivity index (χ4v) is 5.87. The number of likely N-dealkylation sites (tertiary alicyclic amines) is 1. The smallest absolute Gasteiger partial charge is 0.176 e. The van der Waals surface area contributed by atoms with Crippen LogP contribution in [0.25, 0.3) is 5.65 Å². The molecule has 0 saturated carbocycles. The fourth-order valence-electron chi connectivity index (χ4n) is 4.81. The van der Waals surface area contributed by atoms with Gasteiger partial charge < -0.3 is 9.64 Å². The Balaban J connectivity index is 1.11. The van der Waals surface area contributed by atoms with Crippen LogP contribution in [0.5, 0.6) is 0 Å². The number of thioether (sulfide) groups is 1. The molecule has 0 amide bonds. The summed E-state index contributed by atoms with van der Waals surface area (Å²) in [6.07, 6.45) is 5.13. The predicted molar refractivity (Wildman–Crippen MR) is 145 cm³/mol. The first-order valence-corrected chi connectivity index (χ1v) is 14.0. The monoisotopic (exact) mass is 501 g/mol. The summed E-state index contributed by atoms with van der Waals surface area (Å²) < 4.78 is 8.34. The van der Waals surface area contributed by atoms with Crippen LogP contribution in [-0.4, -0.2) is 56.2 Å². The van der Waals surface area contributed by atoms with E-state index in [2.05, 4.69) is 95.6 Å². The molecule has 3 heterocycles. The standard InChI is InChI=1S/C29H35N5OS/c1-22(2)26-20-27-30-21-31-34(27)32-29(26)36-19-9-16-33-17-14-25(15-18-33)35-28(23-10-5-3-6-11-23)24-12-7-4-8-13-24/h3-8,10-13,20-22,25,28H,9,14-19H2,1-2H3. The fraction of sp³-hybridized carbons (Fsp3) is 0.414. The van der Waals surface area contributed by atoms with Crippen molar-refractivity contribution in [2.45, 2.75) is 56.3 Å². The van der Waals surface area contributed by atoms with Crippen LogP contribution in [0, 0.1) is 0 Å². The molecule has 6 nitrogen and oxygen atoms in total. The van der Waals surface area contributed by atoms with Crippen molar-refractivity contribution >= 4 is 17.4 Å². The molecule has 0 atom stereocenters. The van der Waals surface area contributed by atoms with E-state index in [0.717, 1.165) is 55.3 Å². The summed E-state index contributed by atoms with van der Waals surface area (Å²) in [5.74, 6) is 1.46. The Hall–Kier alpha value is -2.74. The average Bonchev–Trinajstić information content (AvgIpc) is 3.38. The van der Waals surface area contributed by atoms with Gasteiger partial charge in [-0.25, -0.2) is 4.98 Å². The van der Waals surface area contributed by atoms with Crippen LogP contribution in [0.3, 0.4) is 0 Å². The summed E-state index contributed by atoms with van der Waals surface area (Å²) in [5, 5.41) is 9.98. The highest BCUT2D eigenvalue weighted by molar-refractivity contribution is 7.99. The second-order valence-corrected chi connectivity index (χ2v) is 10.8. The van der Waals surface area contributed by atoms with E-state index < -0.39 is 0 Å². The van der Waals surface area contributed by atoms with E-state index >= 15 is 0 Å². The number of piperidine rings is 1. The van der Waals surface area contributed by atoms with Crippen molar-refractivity contribution in [2.75, 3.05) is 25.4 Å². The number of hydrogen-bond donors (Lipinski definition) is 0. The predicted octanol–water partition coefficient (Wildman–Crippen LogP) is 6.00. The van der Waals surface area contributed by atoms with Crippen LogP contribution in [0.4, 0.5) is 0 Å². The highest BCUT2D eigenvalue weighted by Gasteiger charge is 2.24. The maximum absolute atomic E-state index is 6.71. The van der Waals surface area contributed by atoms with Crippen molar-refractivity contribution in [2.24, 2.45) is 0 Å². The molecular formula is C29H35N5OS. The van der Waals surface area contributed by atoms with E-state index in [1.54, 1.807) is 11.0 Å². The summed E-state index contributed by atoms with van der Waals surface area (Å²) in [4.78, 5) is 6.86. The number of fused-ring (bicyclic) bond motifs is 1. The van der Waals surface area contributed by atoms with Crippen molar-refractivity contribution < 1.29 is 4.74 Å². The zero-order chi connectivity index (χ0) is 24.7. The van der Waals surface area contributed by atoms with Crippen molar-refractivity contribution in [3.63, 3.8) is 0 Å². The second-order valence-electron chi connectivity index (χ2n) is 9.75. The van der Waals surface area contributed by atoms with E-state index in [1.807, 2.05) is 11.8 Å². The Bertz CT molecular complexity index is 1180. The van der Waals surface area contributed by atoms with Gasteiger partial charge in [0.1, 0.15) is 17.5 Å². The highest BCUT2D eigenvalue weighted by atomic mass is 32.2. The number of benzene rings is 2.